The number of para-hydroxylation sites is 2. The zero-order valence-electron chi connectivity index (χ0n) is 33.0. The number of benzene rings is 7. The van der Waals surface area contributed by atoms with Gasteiger partial charge in [-0.15, -0.1) is 0 Å². The van der Waals surface area contributed by atoms with E-state index >= 15 is 0 Å². The van der Waals surface area contributed by atoms with Crippen LogP contribution < -0.4 is 51.9 Å². The molecule has 5 aliphatic rings. The van der Waals surface area contributed by atoms with E-state index in [0.717, 1.165) is 117 Å². The molecule has 0 unspecified atom stereocenters. The third kappa shape index (κ3) is 3.69. The largest absolute Gasteiger partial charge is 0.458 e. The van der Waals surface area contributed by atoms with E-state index in [1.54, 1.807) is 0 Å². The second-order valence-electron chi connectivity index (χ2n) is 18.8. The molecule has 0 bridgehead atoms. The second-order valence-corrected chi connectivity index (χ2v) is 18.8. The smallest absolute Gasteiger partial charge is 0.256 e. The summed E-state index contributed by atoms with van der Waals surface area (Å²) in [6.07, 6.45) is 0. The molecule has 5 aliphatic heterocycles. The number of ether oxygens (including phenoxy) is 3. The van der Waals surface area contributed by atoms with Gasteiger partial charge < -0.3 is 27.9 Å². The number of nitrogens with zero attached hydrogens (tertiary/aromatic N) is 1. The highest BCUT2D eigenvalue weighted by molar-refractivity contribution is 7.04. The highest BCUT2D eigenvalue weighted by Crippen LogP contribution is 2.59. The molecule has 0 amide bonds. The van der Waals surface area contributed by atoms with Gasteiger partial charge in [0.15, 0.2) is 22.7 Å². The van der Waals surface area contributed by atoms with Gasteiger partial charge in [-0.05, 0) is 79.0 Å². The molecule has 0 radical (unpaired) electrons. The first kappa shape index (κ1) is 31.5. The molecule has 276 valence electrons. The van der Waals surface area contributed by atoms with Crippen LogP contribution in [0.5, 0.6) is 34.5 Å². The van der Waals surface area contributed by atoms with Crippen molar-refractivity contribution >= 4 is 107 Å². The van der Waals surface area contributed by atoms with E-state index in [9.17, 15) is 0 Å². The molecule has 7 heterocycles. The summed E-state index contributed by atoms with van der Waals surface area (Å²) in [5.41, 5.74) is 15.5. The average molecular weight is 751 g/mol. The lowest BCUT2D eigenvalue weighted by atomic mass is 9.29. The van der Waals surface area contributed by atoms with E-state index in [1.165, 1.54) is 11.1 Å². The molecule has 0 atom stereocenters. The molecule has 0 saturated heterocycles. The van der Waals surface area contributed by atoms with Crippen LogP contribution in [0.3, 0.4) is 0 Å². The Hall–Kier alpha value is -6.53. The van der Waals surface area contributed by atoms with Crippen molar-refractivity contribution in [1.82, 2.24) is 0 Å². The van der Waals surface area contributed by atoms with Gasteiger partial charge in [-0.1, -0.05) is 114 Å². The van der Waals surface area contributed by atoms with E-state index in [0.29, 0.717) is 11.5 Å². The van der Waals surface area contributed by atoms with Crippen molar-refractivity contribution in [3.63, 3.8) is 0 Å². The first-order valence-electron chi connectivity index (χ1n) is 20.3. The molecule has 7 aromatic carbocycles. The fourth-order valence-corrected chi connectivity index (χ4v) is 10.7. The maximum absolute atomic E-state index is 7.46. The van der Waals surface area contributed by atoms with Gasteiger partial charge in [0.2, 0.25) is 0 Å². The number of rotatable bonds is 0. The molecule has 0 N–H and O–H groups in total. The van der Waals surface area contributed by atoms with Gasteiger partial charge in [-0.25, -0.2) is 0 Å². The Morgan fingerprint density at radius 2 is 0.897 bits per heavy atom. The second kappa shape index (κ2) is 9.94. The molecule has 0 saturated carbocycles. The zero-order chi connectivity index (χ0) is 38.7. The summed E-state index contributed by atoms with van der Waals surface area (Å²) in [5.74, 6) is 4.74. The van der Waals surface area contributed by atoms with E-state index in [2.05, 4.69) is 125 Å². The molecular weight excluding hydrogens is 716 g/mol. The molecule has 14 rings (SSSR count). The van der Waals surface area contributed by atoms with Gasteiger partial charge in [0.25, 0.3) is 13.4 Å². The fraction of sp³-hybridized carbons (Fsp3) is 0.160. The highest BCUT2D eigenvalue weighted by Gasteiger charge is 2.54. The minimum Gasteiger partial charge on any atom is -0.458 e. The Kier molecular flexibility index (Phi) is 5.41. The molecule has 58 heavy (non-hydrogen) atoms. The maximum Gasteiger partial charge on any atom is 0.256 e. The first-order valence-corrected chi connectivity index (χ1v) is 20.3. The third-order valence-electron chi connectivity index (χ3n) is 13.4. The van der Waals surface area contributed by atoms with Crippen LogP contribution >= 0.6 is 0 Å². The number of anilines is 3. The molecule has 9 aromatic rings. The lowest BCUT2D eigenvalue weighted by Gasteiger charge is -2.49. The topological polar surface area (TPSA) is 57.2 Å². The van der Waals surface area contributed by atoms with E-state index < -0.39 is 0 Å². The number of hydrogen-bond donors (Lipinski definition) is 0. The van der Waals surface area contributed by atoms with Crippen LogP contribution in [0.1, 0.15) is 52.7 Å². The van der Waals surface area contributed by atoms with Crippen molar-refractivity contribution in [2.75, 3.05) is 4.90 Å². The van der Waals surface area contributed by atoms with Crippen molar-refractivity contribution in [2.45, 2.75) is 52.4 Å². The molecule has 0 spiro atoms. The van der Waals surface area contributed by atoms with E-state index in [4.69, 9.17) is 23.0 Å². The summed E-state index contributed by atoms with van der Waals surface area (Å²) in [4.78, 5) is 2.45. The van der Waals surface area contributed by atoms with Crippen LogP contribution in [0.25, 0.3) is 43.9 Å². The SMILES string of the molecule is CC(C)(C)c1ccc2c(c1)B1c3cc4c(oc5ccccc54)c4c3N3c5c1c(cc1c5B(c5cc(C(C)(C)C)ccc5O1)c1cc5c(oc6ccccc65)c(c13)O4)O2. The molecule has 0 aliphatic carbocycles. The molecular formula is C50H35B2NO5. The van der Waals surface area contributed by atoms with Crippen molar-refractivity contribution in [3.05, 3.63) is 114 Å². The minimum atomic E-state index is -0.144. The number of furan rings is 2. The Labute approximate surface area is 335 Å². The third-order valence-corrected chi connectivity index (χ3v) is 13.4. The first-order chi connectivity index (χ1) is 28.0. The van der Waals surface area contributed by atoms with Crippen LogP contribution in [0, 0.1) is 0 Å². The van der Waals surface area contributed by atoms with E-state index in [-0.39, 0.29) is 24.3 Å². The fourth-order valence-electron chi connectivity index (χ4n) is 10.7. The summed E-state index contributed by atoms with van der Waals surface area (Å²) in [7, 11) is 0. The van der Waals surface area contributed by atoms with Crippen LogP contribution in [-0.2, 0) is 10.8 Å². The van der Waals surface area contributed by atoms with Crippen LogP contribution in [0.2, 0.25) is 0 Å². The van der Waals surface area contributed by atoms with Crippen molar-refractivity contribution in [1.29, 1.82) is 0 Å². The van der Waals surface area contributed by atoms with Gasteiger partial charge in [0.1, 0.15) is 34.2 Å². The normalized spacial score (nSPS) is 15.0. The number of hydrogen-bond acceptors (Lipinski definition) is 6. The predicted octanol–water partition coefficient (Wildman–Crippen LogP) is 9.53. The predicted molar refractivity (Wildman–Crippen MR) is 235 cm³/mol. The zero-order valence-corrected chi connectivity index (χ0v) is 33.0. The number of fused-ring (bicyclic) bond motifs is 14. The van der Waals surface area contributed by atoms with Crippen LogP contribution in [0.15, 0.2) is 112 Å². The summed E-state index contributed by atoms with van der Waals surface area (Å²) in [6.45, 7) is 13.4. The Bertz CT molecular complexity index is 3210. The van der Waals surface area contributed by atoms with Crippen LogP contribution in [0.4, 0.5) is 17.1 Å². The van der Waals surface area contributed by atoms with E-state index in [1.807, 2.05) is 24.3 Å². The lowest BCUT2D eigenvalue weighted by molar-refractivity contribution is 0.461. The summed E-state index contributed by atoms with van der Waals surface area (Å²) >= 11 is 0. The van der Waals surface area contributed by atoms with Crippen LogP contribution in [-0.4, -0.2) is 13.4 Å². The summed E-state index contributed by atoms with van der Waals surface area (Å²) in [6, 6.07) is 37.0. The minimum absolute atomic E-state index is 0.0629. The average Bonchev–Trinajstić information content (AvgIpc) is 3.78. The molecule has 6 nitrogen and oxygen atoms in total. The van der Waals surface area contributed by atoms with Gasteiger partial charge in [0.05, 0.1) is 11.4 Å². The van der Waals surface area contributed by atoms with Gasteiger partial charge in [-0.3, -0.25) is 0 Å². The quantitative estimate of drug-likeness (QED) is 0.144. The summed E-state index contributed by atoms with van der Waals surface area (Å²) < 4.78 is 35.2. The molecule has 0 fully saturated rings. The van der Waals surface area contributed by atoms with Crippen molar-refractivity contribution < 1.29 is 23.0 Å². The molecule has 8 heteroatoms. The lowest BCUT2D eigenvalue weighted by Crippen LogP contribution is -2.67. The Morgan fingerprint density at radius 3 is 1.36 bits per heavy atom. The highest BCUT2D eigenvalue weighted by atomic mass is 16.5. The van der Waals surface area contributed by atoms with Crippen molar-refractivity contribution in [3.8, 4) is 34.5 Å². The Morgan fingerprint density at radius 1 is 0.431 bits per heavy atom. The Balaban J connectivity index is 1.19. The van der Waals surface area contributed by atoms with Gasteiger partial charge in [0, 0.05) is 33.3 Å². The van der Waals surface area contributed by atoms with Gasteiger partial charge >= 0.3 is 0 Å². The maximum atomic E-state index is 7.46. The van der Waals surface area contributed by atoms with Gasteiger partial charge in [-0.2, -0.15) is 0 Å². The summed E-state index contributed by atoms with van der Waals surface area (Å²) in [5, 5.41) is 4.16. The van der Waals surface area contributed by atoms with Crippen molar-refractivity contribution in [2.24, 2.45) is 0 Å². The monoisotopic (exact) mass is 751 g/mol. The molecule has 2 aromatic heterocycles. The standard InChI is InChI=1S/C50H35B2NO5/c1-49(2,3)24-15-17-36-30(19-24)51-32-21-28-26-11-7-9-13-34(26)56-45(28)47-42(32)53-43-33(22-29-27-12-8-10-14-35(27)57-46(29)48(43)58-47)52-31-20-25(50(4,5)6)16-18-37(31)55-39-23-38(54-36)40(51)44(53)41(39)52/h7-23H,1-6H3.